The van der Waals surface area contributed by atoms with Gasteiger partial charge in [0.2, 0.25) is 0 Å². The van der Waals surface area contributed by atoms with Gasteiger partial charge in [0.1, 0.15) is 5.82 Å². The van der Waals surface area contributed by atoms with E-state index in [0.29, 0.717) is 12.4 Å². The van der Waals surface area contributed by atoms with Crippen molar-refractivity contribution in [2.24, 2.45) is 0 Å². The molecule has 1 atom stereocenters. The first-order valence-corrected chi connectivity index (χ1v) is 5.81. The largest absolute Gasteiger partial charge is 0.479 e. The highest BCUT2D eigenvalue weighted by Crippen LogP contribution is 2.17. The zero-order valence-corrected chi connectivity index (χ0v) is 9.67. The smallest absolute Gasteiger partial charge is 0.332 e. The molecular weight excluding hydrogens is 231 g/mol. The van der Waals surface area contributed by atoms with Gasteiger partial charge in [0.25, 0.3) is 0 Å². The summed E-state index contributed by atoms with van der Waals surface area (Å²) in [6.45, 7) is 1.85. The highest BCUT2D eigenvalue weighted by Gasteiger charge is 2.09. The summed E-state index contributed by atoms with van der Waals surface area (Å²) in [4.78, 5) is 11.4. The van der Waals surface area contributed by atoms with Gasteiger partial charge in [0, 0.05) is 10.6 Å². The number of thioether (sulfide) groups is 1. The van der Waals surface area contributed by atoms with Crippen molar-refractivity contribution in [2.75, 3.05) is 12.4 Å². The van der Waals surface area contributed by atoms with Crippen molar-refractivity contribution in [3.63, 3.8) is 0 Å². The zero-order chi connectivity index (χ0) is 12.0. The van der Waals surface area contributed by atoms with E-state index in [9.17, 15) is 9.18 Å². The van der Waals surface area contributed by atoms with Gasteiger partial charge in [-0.05, 0) is 31.2 Å². The van der Waals surface area contributed by atoms with E-state index in [1.807, 2.05) is 0 Å². The van der Waals surface area contributed by atoms with E-state index in [1.54, 1.807) is 12.1 Å². The third-order valence-corrected chi connectivity index (χ3v) is 2.86. The maximum absolute atomic E-state index is 12.6. The van der Waals surface area contributed by atoms with Gasteiger partial charge in [-0.1, -0.05) is 0 Å². The Morgan fingerprint density at radius 2 is 2.12 bits per heavy atom. The molecule has 0 spiro atoms. The molecule has 0 bridgehead atoms. The molecule has 16 heavy (non-hydrogen) atoms. The Hall–Kier alpha value is -1.07. The molecule has 0 saturated heterocycles. The molecule has 1 aromatic carbocycles. The van der Waals surface area contributed by atoms with E-state index < -0.39 is 12.1 Å². The number of hydrogen-bond donors (Lipinski definition) is 1. The second-order valence-corrected chi connectivity index (χ2v) is 4.32. The Kier molecular flexibility index (Phi) is 5.28. The second-order valence-electron chi connectivity index (χ2n) is 3.15. The van der Waals surface area contributed by atoms with E-state index in [-0.39, 0.29) is 5.82 Å². The summed E-state index contributed by atoms with van der Waals surface area (Å²) in [5.41, 5.74) is 0. The molecule has 3 nitrogen and oxygen atoms in total. The Bertz CT molecular complexity index is 340. The first-order valence-electron chi connectivity index (χ1n) is 4.82. The highest BCUT2D eigenvalue weighted by molar-refractivity contribution is 7.99. The lowest BCUT2D eigenvalue weighted by Crippen LogP contribution is -2.20. The van der Waals surface area contributed by atoms with Crippen LogP contribution < -0.4 is 0 Å². The lowest BCUT2D eigenvalue weighted by molar-refractivity contribution is -0.148. The Balaban J connectivity index is 2.21. The van der Waals surface area contributed by atoms with E-state index in [2.05, 4.69) is 0 Å². The molecule has 1 N–H and O–H groups in total. The van der Waals surface area contributed by atoms with E-state index in [0.717, 1.165) is 4.90 Å². The molecule has 0 aliphatic heterocycles. The average molecular weight is 244 g/mol. The summed E-state index contributed by atoms with van der Waals surface area (Å²) in [7, 11) is 0. The lowest BCUT2D eigenvalue weighted by atomic mass is 10.4. The van der Waals surface area contributed by atoms with Crippen LogP contribution in [-0.4, -0.2) is 29.5 Å². The van der Waals surface area contributed by atoms with Crippen molar-refractivity contribution in [1.29, 1.82) is 0 Å². The summed E-state index contributed by atoms with van der Waals surface area (Å²) in [6, 6.07) is 6.15. The molecule has 0 aliphatic carbocycles. The summed E-state index contributed by atoms with van der Waals surface area (Å²) >= 11 is 1.50. The fraction of sp³-hybridized carbons (Fsp3) is 0.364. The SMILES string of the molecule is C[C@@H](OCCSc1ccc(F)cc1)C(=O)O. The van der Waals surface area contributed by atoms with Crippen molar-refractivity contribution in [3.8, 4) is 0 Å². The number of carboxylic acid groups (broad SMARTS) is 1. The molecule has 1 rings (SSSR count). The Morgan fingerprint density at radius 1 is 1.50 bits per heavy atom. The molecule has 0 saturated carbocycles. The van der Waals surface area contributed by atoms with Crippen LogP contribution in [0.15, 0.2) is 29.2 Å². The number of hydrogen-bond acceptors (Lipinski definition) is 3. The molecule has 0 aromatic heterocycles. The van der Waals surface area contributed by atoms with Crippen molar-refractivity contribution < 1.29 is 19.0 Å². The fourth-order valence-electron chi connectivity index (χ4n) is 0.987. The van der Waals surface area contributed by atoms with Crippen LogP contribution in [0.5, 0.6) is 0 Å². The first-order chi connectivity index (χ1) is 7.59. The summed E-state index contributed by atoms with van der Waals surface area (Å²) in [6.07, 6.45) is -0.784. The first kappa shape index (κ1) is 13.0. The predicted molar refractivity (Wildman–Crippen MR) is 60.2 cm³/mol. The topological polar surface area (TPSA) is 46.5 Å². The van der Waals surface area contributed by atoms with Crippen molar-refractivity contribution in [3.05, 3.63) is 30.1 Å². The molecule has 0 fully saturated rings. The maximum atomic E-state index is 12.6. The average Bonchev–Trinajstić information content (AvgIpc) is 2.26. The third-order valence-electron chi connectivity index (χ3n) is 1.88. The highest BCUT2D eigenvalue weighted by atomic mass is 32.2. The fourth-order valence-corrected chi connectivity index (χ4v) is 1.73. The van der Waals surface area contributed by atoms with Crippen LogP contribution in [0.2, 0.25) is 0 Å². The normalized spacial score (nSPS) is 12.4. The van der Waals surface area contributed by atoms with Crippen LogP contribution in [-0.2, 0) is 9.53 Å². The summed E-state index contributed by atoms with van der Waals surface area (Å²) < 4.78 is 17.6. The van der Waals surface area contributed by atoms with Crippen LogP contribution in [0.1, 0.15) is 6.92 Å². The van der Waals surface area contributed by atoms with Crippen LogP contribution in [0, 0.1) is 5.82 Å². The van der Waals surface area contributed by atoms with E-state index in [1.165, 1.54) is 30.8 Å². The van der Waals surface area contributed by atoms with E-state index >= 15 is 0 Å². The van der Waals surface area contributed by atoms with E-state index in [4.69, 9.17) is 9.84 Å². The van der Waals surface area contributed by atoms with Crippen molar-refractivity contribution >= 4 is 17.7 Å². The van der Waals surface area contributed by atoms with Crippen LogP contribution in [0.4, 0.5) is 4.39 Å². The molecule has 0 heterocycles. The monoisotopic (exact) mass is 244 g/mol. The van der Waals surface area contributed by atoms with Gasteiger partial charge in [-0.2, -0.15) is 0 Å². The number of aliphatic carboxylic acids is 1. The minimum Gasteiger partial charge on any atom is -0.479 e. The molecule has 88 valence electrons. The minimum absolute atomic E-state index is 0.264. The standard InChI is InChI=1S/C11H13FO3S/c1-8(11(13)14)15-6-7-16-10-4-2-9(12)3-5-10/h2-5,8H,6-7H2,1H3,(H,13,14)/t8-/m1/s1. The Labute approximate surface area is 97.6 Å². The maximum Gasteiger partial charge on any atom is 0.332 e. The molecule has 1 aromatic rings. The lowest BCUT2D eigenvalue weighted by Gasteiger charge is -2.07. The van der Waals surface area contributed by atoms with Crippen LogP contribution >= 0.6 is 11.8 Å². The van der Waals surface area contributed by atoms with Gasteiger partial charge in [-0.25, -0.2) is 9.18 Å². The van der Waals surface area contributed by atoms with Gasteiger partial charge in [0.05, 0.1) is 6.61 Å². The van der Waals surface area contributed by atoms with Crippen LogP contribution in [0.3, 0.4) is 0 Å². The summed E-state index contributed by atoms with van der Waals surface area (Å²) in [5.74, 6) is -0.588. The van der Waals surface area contributed by atoms with Gasteiger partial charge in [-0.3, -0.25) is 0 Å². The zero-order valence-electron chi connectivity index (χ0n) is 8.85. The second kappa shape index (κ2) is 6.50. The van der Waals surface area contributed by atoms with Gasteiger partial charge < -0.3 is 9.84 Å². The molecule has 0 radical (unpaired) electrons. The molecule has 0 aliphatic rings. The number of ether oxygens (including phenoxy) is 1. The minimum atomic E-state index is -0.966. The Morgan fingerprint density at radius 3 is 2.69 bits per heavy atom. The van der Waals surface area contributed by atoms with Crippen molar-refractivity contribution in [1.82, 2.24) is 0 Å². The third kappa shape index (κ3) is 4.63. The molecular formula is C11H13FO3S. The molecule has 0 amide bonds. The summed E-state index contributed by atoms with van der Waals surface area (Å²) in [5, 5.41) is 8.56. The quantitative estimate of drug-likeness (QED) is 0.616. The van der Waals surface area contributed by atoms with Gasteiger partial charge in [0.15, 0.2) is 6.10 Å². The van der Waals surface area contributed by atoms with Crippen LogP contribution in [0.25, 0.3) is 0 Å². The van der Waals surface area contributed by atoms with Crippen molar-refractivity contribution in [2.45, 2.75) is 17.9 Å². The number of carboxylic acids is 1. The number of carbonyl (C=O) groups is 1. The predicted octanol–water partition coefficient (Wildman–Crippen LogP) is 2.41. The molecule has 5 heteroatoms. The molecule has 0 unspecified atom stereocenters. The number of halogens is 1. The van der Waals surface area contributed by atoms with Gasteiger partial charge in [-0.15, -0.1) is 11.8 Å². The van der Waals surface area contributed by atoms with Gasteiger partial charge >= 0.3 is 5.97 Å². The number of rotatable bonds is 6. The number of benzene rings is 1.